The molecule has 74 valence electrons. The van der Waals surface area contributed by atoms with E-state index in [1.54, 1.807) is 31.2 Å². The van der Waals surface area contributed by atoms with Crippen molar-refractivity contribution in [2.45, 2.75) is 19.4 Å². The van der Waals surface area contributed by atoms with Crippen LogP contribution in [-0.4, -0.2) is 6.43 Å². The minimum Gasteiger partial charge on any atom is -0.319 e. The predicted molar refractivity (Wildman–Crippen MR) is 51.4 cm³/mol. The van der Waals surface area contributed by atoms with Crippen LogP contribution in [0.5, 0.6) is 0 Å². The van der Waals surface area contributed by atoms with E-state index < -0.39 is 12.5 Å². The number of hydrogen-bond acceptors (Lipinski definition) is 1. The number of benzene rings is 1. The molecule has 2 N–H and O–H groups in total. The van der Waals surface area contributed by atoms with Crippen LogP contribution in [0.15, 0.2) is 24.3 Å². The lowest BCUT2D eigenvalue weighted by molar-refractivity contribution is 0.116. The number of halogens is 3. The summed E-state index contributed by atoms with van der Waals surface area (Å²) in [5.41, 5.74) is 6.62. The molecule has 0 amide bonds. The zero-order chi connectivity index (χ0) is 9.14. The van der Waals surface area contributed by atoms with E-state index in [0.29, 0.717) is 5.56 Å². The molecule has 1 nitrogen and oxygen atoms in total. The Balaban J connectivity index is 0.00000144. The number of nitrogens with two attached hydrogens (primary N) is 1. The van der Waals surface area contributed by atoms with Gasteiger partial charge in [-0.15, -0.1) is 12.4 Å². The first-order valence-electron chi connectivity index (χ1n) is 3.72. The Morgan fingerprint density at radius 1 is 1.23 bits per heavy atom. The van der Waals surface area contributed by atoms with E-state index in [1.165, 1.54) is 0 Å². The molecule has 0 aliphatic heterocycles. The minimum atomic E-state index is -2.49. The molecule has 0 fully saturated rings. The highest BCUT2D eigenvalue weighted by Crippen LogP contribution is 2.20. The van der Waals surface area contributed by atoms with E-state index in [1.807, 2.05) is 0 Å². The number of alkyl halides is 2. The van der Waals surface area contributed by atoms with Crippen LogP contribution in [0.2, 0.25) is 0 Å². The van der Waals surface area contributed by atoms with E-state index in [2.05, 4.69) is 0 Å². The monoisotopic (exact) mass is 207 g/mol. The molecule has 0 bridgehead atoms. The molecule has 4 heteroatoms. The van der Waals surface area contributed by atoms with Crippen molar-refractivity contribution in [2.75, 3.05) is 0 Å². The molecule has 0 heterocycles. The Bertz CT molecular complexity index is 266. The van der Waals surface area contributed by atoms with Gasteiger partial charge in [0.05, 0.1) is 6.04 Å². The summed E-state index contributed by atoms with van der Waals surface area (Å²) in [6, 6.07) is 5.76. The largest absolute Gasteiger partial charge is 0.319 e. The van der Waals surface area contributed by atoms with Crippen molar-refractivity contribution in [3.05, 3.63) is 35.4 Å². The lowest BCUT2D eigenvalue weighted by Gasteiger charge is -2.12. The van der Waals surface area contributed by atoms with Gasteiger partial charge in [0.1, 0.15) is 0 Å². The molecule has 1 rings (SSSR count). The lowest BCUT2D eigenvalue weighted by Crippen LogP contribution is -2.19. The third kappa shape index (κ3) is 2.94. The van der Waals surface area contributed by atoms with Gasteiger partial charge in [-0.25, -0.2) is 8.78 Å². The molecule has 0 saturated heterocycles. The first-order valence-corrected chi connectivity index (χ1v) is 3.72. The summed E-state index contributed by atoms with van der Waals surface area (Å²) >= 11 is 0. The highest BCUT2D eigenvalue weighted by Gasteiger charge is 2.18. The Morgan fingerprint density at radius 2 is 1.77 bits per heavy atom. The predicted octanol–water partition coefficient (Wildman–Crippen LogP) is 2.68. The Hall–Kier alpha value is -0.670. The molecule has 0 spiro atoms. The molecule has 1 aromatic rings. The summed E-state index contributed by atoms with van der Waals surface area (Å²) in [5.74, 6) is 0. The van der Waals surface area contributed by atoms with E-state index >= 15 is 0 Å². The molecule has 0 saturated carbocycles. The van der Waals surface area contributed by atoms with Crippen LogP contribution in [0, 0.1) is 6.92 Å². The lowest BCUT2D eigenvalue weighted by atomic mass is 10.0. The molecule has 1 aromatic carbocycles. The van der Waals surface area contributed by atoms with Crippen LogP contribution in [0.1, 0.15) is 17.2 Å². The maximum atomic E-state index is 12.2. The third-order valence-corrected chi connectivity index (χ3v) is 1.82. The average molecular weight is 208 g/mol. The van der Waals surface area contributed by atoms with Gasteiger partial charge in [0.25, 0.3) is 6.43 Å². The maximum Gasteiger partial charge on any atom is 0.257 e. The fourth-order valence-corrected chi connectivity index (χ4v) is 1.10. The molecular weight excluding hydrogens is 196 g/mol. The normalized spacial score (nSPS) is 12.4. The molecule has 0 aliphatic rings. The summed E-state index contributed by atoms with van der Waals surface area (Å²) in [6.07, 6.45) is -2.49. The van der Waals surface area contributed by atoms with Crippen molar-refractivity contribution in [3.8, 4) is 0 Å². The Morgan fingerprint density at radius 3 is 2.23 bits per heavy atom. The van der Waals surface area contributed by atoms with E-state index in [4.69, 9.17) is 5.73 Å². The van der Waals surface area contributed by atoms with Crippen molar-refractivity contribution in [1.29, 1.82) is 0 Å². The second-order valence-electron chi connectivity index (χ2n) is 2.72. The van der Waals surface area contributed by atoms with Gasteiger partial charge < -0.3 is 5.73 Å². The van der Waals surface area contributed by atoms with E-state index in [0.717, 1.165) is 5.56 Å². The van der Waals surface area contributed by atoms with Crippen molar-refractivity contribution in [3.63, 3.8) is 0 Å². The molecule has 0 aliphatic carbocycles. The second kappa shape index (κ2) is 5.14. The molecule has 13 heavy (non-hydrogen) atoms. The van der Waals surface area contributed by atoms with Crippen LogP contribution in [-0.2, 0) is 0 Å². The zero-order valence-electron chi connectivity index (χ0n) is 7.21. The molecular formula is C9H12ClF2N. The Kier molecular flexibility index (Phi) is 4.88. The second-order valence-corrected chi connectivity index (χ2v) is 2.72. The maximum absolute atomic E-state index is 12.2. The summed E-state index contributed by atoms with van der Waals surface area (Å²) in [6.45, 7) is 1.78. The van der Waals surface area contributed by atoms with Crippen LogP contribution >= 0.6 is 12.4 Å². The van der Waals surface area contributed by atoms with Crippen molar-refractivity contribution in [1.82, 2.24) is 0 Å². The summed E-state index contributed by atoms with van der Waals surface area (Å²) in [4.78, 5) is 0. The number of hydrogen-bond donors (Lipinski definition) is 1. The standard InChI is InChI=1S/C9H11F2N.ClH/c1-6-4-2-3-5-7(6)8(12)9(10)11;/h2-5,8-9H,12H2,1H3;1H/t8-;/m1./s1. The molecule has 0 aromatic heterocycles. The number of rotatable bonds is 2. The van der Waals surface area contributed by atoms with Gasteiger partial charge in [0, 0.05) is 0 Å². The van der Waals surface area contributed by atoms with Crippen molar-refractivity contribution >= 4 is 12.4 Å². The molecule has 0 unspecified atom stereocenters. The average Bonchev–Trinajstić information content (AvgIpc) is 2.04. The summed E-state index contributed by atoms with van der Waals surface area (Å²) in [7, 11) is 0. The van der Waals surface area contributed by atoms with Crippen LogP contribution in [0.25, 0.3) is 0 Å². The van der Waals surface area contributed by atoms with Gasteiger partial charge in [0.15, 0.2) is 0 Å². The van der Waals surface area contributed by atoms with Crippen LogP contribution in [0.3, 0.4) is 0 Å². The van der Waals surface area contributed by atoms with Gasteiger partial charge in [-0.05, 0) is 18.1 Å². The quantitative estimate of drug-likeness (QED) is 0.793. The fraction of sp³-hybridized carbons (Fsp3) is 0.333. The van der Waals surface area contributed by atoms with E-state index in [-0.39, 0.29) is 12.4 Å². The van der Waals surface area contributed by atoms with Gasteiger partial charge in [0.2, 0.25) is 0 Å². The van der Waals surface area contributed by atoms with Crippen LogP contribution < -0.4 is 5.73 Å². The topological polar surface area (TPSA) is 26.0 Å². The molecule has 0 radical (unpaired) electrons. The Labute approximate surface area is 82.4 Å². The first kappa shape index (κ1) is 12.3. The SMILES string of the molecule is Cc1ccccc1[C@@H](N)C(F)F.Cl. The van der Waals surface area contributed by atoms with Gasteiger partial charge in [-0.3, -0.25) is 0 Å². The zero-order valence-corrected chi connectivity index (χ0v) is 8.02. The van der Waals surface area contributed by atoms with Gasteiger partial charge >= 0.3 is 0 Å². The smallest absolute Gasteiger partial charge is 0.257 e. The minimum absolute atomic E-state index is 0. The first-order chi connectivity index (χ1) is 5.63. The number of aryl methyl sites for hydroxylation is 1. The van der Waals surface area contributed by atoms with Gasteiger partial charge in [-0.1, -0.05) is 24.3 Å². The van der Waals surface area contributed by atoms with Crippen LogP contribution in [0.4, 0.5) is 8.78 Å². The van der Waals surface area contributed by atoms with Gasteiger partial charge in [-0.2, -0.15) is 0 Å². The highest BCUT2D eigenvalue weighted by molar-refractivity contribution is 5.85. The summed E-state index contributed by atoms with van der Waals surface area (Å²) in [5, 5.41) is 0. The highest BCUT2D eigenvalue weighted by atomic mass is 35.5. The molecule has 1 atom stereocenters. The van der Waals surface area contributed by atoms with E-state index in [9.17, 15) is 8.78 Å². The third-order valence-electron chi connectivity index (χ3n) is 1.82. The van der Waals surface area contributed by atoms with Crippen molar-refractivity contribution < 1.29 is 8.78 Å². The fourth-order valence-electron chi connectivity index (χ4n) is 1.10. The summed E-state index contributed by atoms with van der Waals surface area (Å²) < 4.78 is 24.3. The van der Waals surface area contributed by atoms with Crippen molar-refractivity contribution in [2.24, 2.45) is 5.73 Å².